The number of pyridine rings is 1. The maximum Gasteiger partial charge on any atom is 0.141 e. The highest BCUT2D eigenvalue weighted by atomic mass is 35.5. The maximum absolute atomic E-state index is 12.9. The third kappa shape index (κ3) is 3.80. The zero-order valence-electron chi connectivity index (χ0n) is 9.16. The van der Waals surface area contributed by atoms with Gasteiger partial charge in [-0.1, -0.05) is 23.7 Å². The number of rotatable bonds is 4. The topological polar surface area (TPSA) is 24.9 Å². The summed E-state index contributed by atoms with van der Waals surface area (Å²) >= 11 is 5.79. The minimum Gasteiger partial charge on any atom is -0.309 e. The molecule has 0 radical (unpaired) electrons. The first kappa shape index (κ1) is 12.0. The molecule has 88 valence electrons. The van der Waals surface area contributed by atoms with Gasteiger partial charge in [-0.2, -0.15) is 0 Å². The zero-order chi connectivity index (χ0) is 12.1. The normalized spacial score (nSPS) is 10.5. The molecule has 1 heterocycles. The van der Waals surface area contributed by atoms with Crippen molar-refractivity contribution in [3.8, 4) is 0 Å². The molecule has 0 aliphatic heterocycles. The molecule has 0 saturated heterocycles. The van der Waals surface area contributed by atoms with Crippen LogP contribution in [0.15, 0.2) is 42.7 Å². The lowest BCUT2D eigenvalue weighted by Gasteiger charge is -2.05. The third-order valence-corrected chi connectivity index (χ3v) is 2.58. The Bertz CT molecular complexity index is 485. The smallest absolute Gasteiger partial charge is 0.141 e. The van der Waals surface area contributed by atoms with Crippen molar-refractivity contribution in [3.05, 3.63) is 64.7 Å². The molecule has 0 spiro atoms. The molecule has 1 N–H and O–H groups in total. The van der Waals surface area contributed by atoms with Gasteiger partial charge in [0.1, 0.15) is 5.82 Å². The van der Waals surface area contributed by atoms with Crippen molar-refractivity contribution in [3.63, 3.8) is 0 Å². The van der Waals surface area contributed by atoms with Gasteiger partial charge >= 0.3 is 0 Å². The molecular weight excluding hydrogens is 239 g/mol. The molecule has 1 aromatic heterocycles. The summed E-state index contributed by atoms with van der Waals surface area (Å²) < 4.78 is 12.9. The van der Waals surface area contributed by atoms with Gasteiger partial charge < -0.3 is 5.32 Å². The Hall–Kier alpha value is -1.45. The van der Waals surface area contributed by atoms with Crippen LogP contribution in [0.2, 0.25) is 5.02 Å². The van der Waals surface area contributed by atoms with Gasteiger partial charge in [0, 0.05) is 24.3 Å². The molecule has 4 heteroatoms. The van der Waals surface area contributed by atoms with E-state index in [1.165, 1.54) is 12.3 Å². The van der Waals surface area contributed by atoms with Gasteiger partial charge in [0.15, 0.2) is 0 Å². The standard InChI is InChI=1S/C13H12ClFN2/c14-12-3-1-10(2-4-12)6-16-7-11-5-13(15)9-17-8-11/h1-5,8-9,16H,6-7H2. The molecular formula is C13H12ClFN2. The van der Waals surface area contributed by atoms with E-state index in [9.17, 15) is 4.39 Å². The number of aromatic nitrogens is 1. The van der Waals surface area contributed by atoms with E-state index in [0.29, 0.717) is 13.1 Å². The summed E-state index contributed by atoms with van der Waals surface area (Å²) in [6, 6.07) is 9.09. The predicted molar refractivity (Wildman–Crippen MR) is 66.2 cm³/mol. The van der Waals surface area contributed by atoms with E-state index >= 15 is 0 Å². The van der Waals surface area contributed by atoms with Crippen LogP contribution in [-0.2, 0) is 13.1 Å². The monoisotopic (exact) mass is 250 g/mol. The molecule has 2 nitrogen and oxygen atoms in total. The van der Waals surface area contributed by atoms with Gasteiger partial charge in [-0.15, -0.1) is 0 Å². The lowest BCUT2D eigenvalue weighted by atomic mass is 10.2. The number of nitrogens with one attached hydrogen (secondary N) is 1. The van der Waals surface area contributed by atoms with E-state index < -0.39 is 0 Å². The molecule has 1 aromatic carbocycles. The fourth-order valence-electron chi connectivity index (χ4n) is 1.51. The lowest BCUT2D eigenvalue weighted by Crippen LogP contribution is -2.12. The summed E-state index contributed by atoms with van der Waals surface area (Å²) in [6.07, 6.45) is 2.85. The van der Waals surface area contributed by atoms with Crippen molar-refractivity contribution in [1.29, 1.82) is 0 Å². The molecule has 0 bridgehead atoms. The number of hydrogen-bond acceptors (Lipinski definition) is 2. The van der Waals surface area contributed by atoms with Crippen LogP contribution < -0.4 is 5.32 Å². The van der Waals surface area contributed by atoms with Crippen molar-refractivity contribution >= 4 is 11.6 Å². The Morgan fingerprint density at radius 3 is 2.47 bits per heavy atom. The van der Waals surface area contributed by atoms with Crippen molar-refractivity contribution in [2.45, 2.75) is 13.1 Å². The Balaban J connectivity index is 1.85. The number of hydrogen-bond donors (Lipinski definition) is 1. The number of nitrogens with zero attached hydrogens (tertiary/aromatic N) is 1. The van der Waals surface area contributed by atoms with Crippen molar-refractivity contribution < 1.29 is 4.39 Å². The fourth-order valence-corrected chi connectivity index (χ4v) is 1.63. The Morgan fingerprint density at radius 1 is 1.06 bits per heavy atom. The van der Waals surface area contributed by atoms with E-state index in [-0.39, 0.29) is 5.82 Å². The van der Waals surface area contributed by atoms with Gasteiger partial charge in [-0.25, -0.2) is 4.39 Å². The van der Waals surface area contributed by atoms with Gasteiger partial charge in [-0.3, -0.25) is 4.98 Å². The predicted octanol–water partition coefficient (Wildman–Crippen LogP) is 3.16. The van der Waals surface area contributed by atoms with E-state index in [4.69, 9.17) is 11.6 Å². The molecule has 0 aliphatic carbocycles. The number of benzene rings is 1. The van der Waals surface area contributed by atoms with Crippen molar-refractivity contribution in [2.24, 2.45) is 0 Å². The third-order valence-electron chi connectivity index (χ3n) is 2.33. The van der Waals surface area contributed by atoms with Gasteiger partial charge in [-0.05, 0) is 29.3 Å². The SMILES string of the molecule is Fc1cncc(CNCc2ccc(Cl)cc2)c1. The quantitative estimate of drug-likeness (QED) is 0.902. The van der Waals surface area contributed by atoms with Crippen LogP contribution in [0.5, 0.6) is 0 Å². The molecule has 0 fully saturated rings. The van der Waals surface area contributed by atoms with Crippen LogP contribution >= 0.6 is 11.6 Å². The van der Waals surface area contributed by atoms with Crippen LogP contribution in [0.4, 0.5) is 4.39 Å². The van der Waals surface area contributed by atoms with Crippen LogP contribution in [-0.4, -0.2) is 4.98 Å². The van der Waals surface area contributed by atoms with E-state index in [1.807, 2.05) is 24.3 Å². The zero-order valence-corrected chi connectivity index (χ0v) is 9.91. The van der Waals surface area contributed by atoms with E-state index in [2.05, 4.69) is 10.3 Å². The Morgan fingerprint density at radius 2 is 1.76 bits per heavy atom. The molecule has 0 amide bonds. The minimum absolute atomic E-state index is 0.309. The lowest BCUT2D eigenvalue weighted by molar-refractivity contribution is 0.612. The molecule has 0 unspecified atom stereocenters. The summed E-state index contributed by atoms with van der Waals surface area (Å²) in [7, 11) is 0. The summed E-state index contributed by atoms with van der Waals surface area (Å²) in [4.78, 5) is 3.79. The minimum atomic E-state index is -0.309. The molecule has 2 rings (SSSR count). The van der Waals surface area contributed by atoms with E-state index in [0.717, 1.165) is 16.1 Å². The first-order valence-electron chi connectivity index (χ1n) is 5.28. The highest BCUT2D eigenvalue weighted by Gasteiger charge is 1.97. The van der Waals surface area contributed by atoms with Crippen LogP contribution in [0.25, 0.3) is 0 Å². The summed E-state index contributed by atoms with van der Waals surface area (Å²) in [6.45, 7) is 1.31. The van der Waals surface area contributed by atoms with Crippen molar-refractivity contribution in [1.82, 2.24) is 10.3 Å². The van der Waals surface area contributed by atoms with Crippen LogP contribution in [0, 0.1) is 5.82 Å². The average Bonchev–Trinajstić information content (AvgIpc) is 2.32. The molecule has 0 saturated carbocycles. The second-order valence-corrected chi connectivity index (χ2v) is 4.18. The Labute approximate surface area is 104 Å². The summed E-state index contributed by atoms with van der Waals surface area (Å²) in [5, 5.41) is 3.94. The van der Waals surface area contributed by atoms with Crippen molar-refractivity contribution in [2.75, 3.05) is 0 Å². The summed E-state index contributed by atoms with van der Waals surface area (Å²) in [5.74, 6) is -0.309. The first-order chi connectivity index (χ1) is 8.24. The largest absolute Gasteiger partial charge is 0.309 e. The Kier molecular flexibility index (Phi) is 4.07. The molecule has 2 aromatic rings. The van der Waals surface area contributed by atoms with Gasteiger partial charge in [0.2, 0.25) is 0 Å². The average molecular weight is 251 g/mol. The second-order valence-electron chi connectivity index (χ2n) is 3.74. The molecule has 0 aliphatic rings. The van der Waals surface area contributed by atoms with Crippen LogP contribution in [0.3, 0.4) is 0 Å². The maximum atomic E-state index is 12.9. The number of halogens is 2. The highest BCUT2D eigenvalue weighted by Crippen LogP contribution is 2.09. The van der Waals surface area contributed by atoms with Gasteiger partial charge in [0.25, 0.3) is 0 Å². The second kappa shape index (κ2) is 5.75. The van der Waals surface area contributed by atoms with Crippen LogP contribution in [0.1, 0.15) is 11.1 Å². The molecule has 0 atom stereocenters. The highest BCUT2D eigenvalue weighted by molar-refractivity contribution is 6.30. The van der Waals surface area contributed by atoms with E-state index in [1.54, 1.807) is 6.20 Å². The summed E-state index contributed by atoms with van der Waals surface area (Å²) in [5.41, 5.74) is 1.97. The van der Waals surface area contributed by atoms with Gasteiger partial charge in [0.05, 0.1) is 6.20 Å². The fraction of sp³-hybridized carbons (Fsp3) is 0.154. The molecule has 17 heavy (non-hydrogen) atoms. The first-order valence-corrected chi connectivity index (χ1v) is 5.66.